The normalized spacial score (nSPS) is 12.8. The number of nitrogens with zero attached hydrogens (tertiary/aromatic N) is 3. The van der Waals surface area contributed by atoms with E-state index < -0.39 is 0 Å². The molecule has 7 heteroatoms. The second-order valence-electron chi connectivity index (χ2n) is 9.71. The summed E-state index contributed by atoms with van der Waals surface area (Å²) < 4.78 is 1.86. The number of anilines is 1. The van der Waals surface area contributed by atoms with E-state index in [1.54, 1.807) is 4.90 Å². The van der Waals surface area contributed by atoms with Crippen LogP contribution in [0.1, 0.15) is 34.3 Å². The second kappa shape index (κ2) is 10.6. The van der Waals surface area contributed by atoms with Crippen LogP contribution < -0.4 is 5.32 Å². The first-order chi connectivity index (χ1) is 17.9. The number of carbonyl (C=O) groups is 2. The number of carbonyl (C=O) groups excluding carboxylic acids is 2. The molecule has 1 fully saturated rings. The van der Waals surface area contributed by atoms with Gasteiger partial charge in [0.1, 0.15) is 6.54 Å². The molecule has 4 aromatic rings. The molecule has 2 amide bonds. The zero-order valence-corrected chi connectivity index (χ0v) is 21.7. The van der Waals surface area contributed by atoms with Crippen LogP contribution in [0.4, 0.5) is 5.95 Å². The number of aromatic nitrogens is 2. The van der Waals surface area contributed by atoms with E-state index in [2.05, 4.69) is 5.32 Å². The molecule has 0 saturated heterocycles. The number of rotatable bonds is 8. The molecule has 1 aliphatic rings. The van der Waals surface area contributed by atoms with Gasteiger partial charge in [0.15, 0.2) is 0 Å². The van der Waals surface area contributed by atoms with Crippen molar-refractivity contribution < 1.29 is 9.59 Å². The summed E-state index contributed by atoms with van der Waals surface area (Å²) in [4.78, 5) is 32.9. The van der Waals surface area contributed by atoms with E-state index in [-0.39, 0.29) is 18.4 Å². The Morgan fingerprint density at radius 2 is 1.57 bits per heavy atom. The van der Waals surface area contributed by atoms with Crippen LogP contribution in [0.3, 0.4) is 0 Å². The first-order valence-electron chi connectivity index (χ1n) is 12.4. The zero-order chi connectivity index (χ0) is 25.9. The summed E-state index contributed by atoms with van der Waals surface area (Å²) in [6.07, 6.45) is 4.06. The summed E-state index contributed by atoms with van der Waals surface area (Å²) in [5.74, 6) is 0.426. The lowest BCUT2D eigenvalue weighted by molar-refractivity contribution is -0.117. The van der Waals surface area contributed by atoms with Gasteiger partial charge >= 0.3 is 0 Å². The van der Waals surface area contributed by atoms with Crippen LogP contribution in [0.2, 0.25) is 5.02 Å². The van der Waals surface area contributed by atoms with Crippen molar-refractivity contribution in [3.8, 4) is 16.9 Å². The van der Waals surface area contributed by atoms with Gasteiger partial charge in [0.25, 0.3) is 5.91 Å². The Morgan fingerprint density at radius 3 is 2.19 bits per heavy atom. The molecule has 0 aliphatic heterocycles. The fourth-order valence-electron chi connectivity index (χ4n) is 4.18. The van der Waals surface area contributed by atoms with Crippen molar-refractivity contribution in [1.29, 1.82) is 0 Å². The molecule has 1 saturated carbocycles. The molecule has 1 heterocycles. The van der Waals surface area contributed by atoms with E-state index in [9.17, 15) is 9.59 Å². The molecule has 0 bridgehead atoms. The number of aryl methyl sites for hydroxylation is 2. The Kier molecular flexibility index (Phi) is 7.10. The number of benzene rings is 3. The average Bonchev–Trinajstić information content (AvgIpc) is 3.62. The molecule has 3 aromatic carbocycles. The Bertz CT molecular complexity index is 1410. The van der Waals surface area contributed by atoms with Gasteiger partial charge in [-0.2, -0.15) is 0 Å². The summed E-state index contributed by atoms with van der Waals surface area (Å²) in [5.41, 5.74) is 5.28. The van der Waals surface area contributed by atoms with Gasteiger partial charge in [-0.25, -0.2) is 4.98 Å². The number of nitrogens with one attached hydrogen (secondary N) is 1. The summed E-state index contributed by atoms with van der Waals surface area (Å²) in [6, 6.07) is 22.9. The molecular formula is C30H29ClN4O2. The van der Waals surface area contributed by atoms with Crippen LogP contribution in [0.5, 0.6) is 0 Å². The van der Waals surface area contributed by atoms with Gasteiger partial charge in [-0.1, -0.05) is 59.1 Å². The topological polar surface area (TPSA) is 67.2 Å². The van der Waals surface area contributed by atoms with Crippen LogP contribution in [-0.4, -0.2) is 39.4 Å². The summed E-state index contributed by atoms with van der Waals surface area (Å²) >= 11 is 6.07. The summed E-state index contributed by atoms with van der Waals surface area (Å²) in [5, 5.41) is 3.60. The highest BCUT2D eigenvalue weighted by atomic mass is 35.5. The Hall–Kier alpha value is -3.90. The van der Waals surface area contributed by atoms with Gasteiger partial charge in [-0.05, 0) is 69.0 Å². The molecule has 0 spiro atoms. The van der Waals surface area contributed by atoms with Crippen LogP contribution in [-0.2, 0) is 4.79 Å². The highest BCUT2D eigenvalue weighted by molar-refractivity contribution is 6.30. The maximum Gasteiger partial charge on any atom is 0.254 e. The fourth-order valence-corrected chi connectivity index (χ4v) is 4.30. The molecule has 5 rings (SSSR count). The monoisotopic (exact) mass is 512 g/mol. The number of halogens is 1. The predicted molar refractivity (Wildman–Crippen MR) is 147 cm³/mol. The van der Waals surface area contributed by atoms with Gasteiger partial charge in [-0.15, -0.1) is 0 Å². The fraction of sp³-hybridized carbons (Fsp3) is 0.233. The third-order valence-electron chi connectivity index (χ3n) is 6.50. The van der Waals surface area contributed by atoms with Crippen molar-refractivity contribution >= 4 is 29.4 Å². The van der Waals surface area contributed by atoms with E-state index in [1.807, 2.05) is 97.4 Å². The molecule has 37 heavy (non-hydrogen) atoms. The smallest absolute Gasteiger partial charge is 0.254 e. The van der Waals surface area contributed by atoms with Gasteiger partial charge in [0.2, 0.25) is 11.9 Å². The lowest BCUT2D eigenvalue weighted by Gasteiger charge is -2.22. The molecule has 1 aromatic heterocycles. The predicted octanol–water partition coefficient (Wildman–Crippen LogP) is 6.30. The van der Waals surface area contributed by atoms with E-state index in [4.69, 9.17) is 16.6 Å². The van der Waals surface area contributed by atoms with Crippen molar-refractivity contribution in [3.05, 3.63) is 101 Å². The third-order valence-corrected chi connectivity index (χ3v) is 6.76. The standard InChI is InChI=1S/C30H29ClN4O2/c1-20-3-9-24(10-4-20)29(37)34(17-22-7-8-22)19-28(36)33-30-32-27(23-11-13-25(31)14-12-23)18-35(30)26-15-5-21(2)6-16-26/h3-6,9-16,18,22H,7-8,17,19H2,1-2H3,(H,32,33,36). The number of hydrogen-bond donors (Lipinski definition) is 1. The molecule has 0 unspecified atom stereocenters. The summed E-state index contributed by atoms with van der Waals surface area (Å²) in [7, 11) is 0. The van der Waals surface area contributed by atoms with E-state index in [0.717, 1.165) is 35.2 Å². The van der Waals surface area contributed by atoms with Crippen LogP contribution in [0.25, 0.3) is 16.9 Å². The van der Waals surface area contributed by atoms with Crippen LogP contribution >= 0.6 is 11.6 Å². The second-order valence-corrected chi connectivity index (χ2v) is 10.1. The van der Waals surface area contributed by atoms with Crippen molar-refractivity contribution in [2.24, 2.45) is 5.92 Å². The van der Waals surface area contributed by atoms with Crippen molar-refractivity contribution in [1.82, 2.24) is 14.5 Å². The molecule has 188 valence electrons. The minimum Gasteiger partial charge on any atom is -0.329 e. The highest BCUT2D eigenvalue weighted by Gasteiger charge is 2.29. The Labute approximate surface area is 221 Å². The first-order valence-corrected chi connectivity index (χ1v) is 12.8. The SMILES string of the molecule is Cc1ccc(C(=O)N(CC(=O)Nc2nc(-c3ccc(Cl)cc3)cn2-c2ccc(C)cc2)CC2CC2)cc1. The number of imidazole rings is 1. The highest BCUT2D eigenvalue weighted by Crippen LogP contribution is 2.30. The molecule has 0 radical (unpaired) electrons. The van der Waals surface area contributed by atoms with Gasteiger partial charge in [0, 0.05) is 34.6 Å². The Balaban J connectivity index is 1.40. The molecule has 6 nitrogen and oxygen atoms in total. The minimum atomic E-state index is -0.289. The van der Waals surface area contributed by atoms with Crippen molar-refractivity contribution in [2.75, 3.05) is 18.4 Å². The van der Waals surface area contributed by atoms with Crippen molar-refractivity contribution in [2.45, 2.75) is 26.7 Å². The van der Waals surface area contributed by atoms with E-state index in [0.29, 0.717) is 34.7 Å². The van der Waals surface area contributed by atoms with E-state index in [1.165, 1.54) is 0 Å². The largest absolute Gasteiger partial charge is 0.329 e. The number of hydrogen-bond acceptors (Lipinski definition) is 3. The maximum atomic E-state index is 13.3. The first kappa shape index (κ1) is 24.8. The van der Waals surface area contributed by atoms with Gasteiger partial charge in [0.05, 0.1) is 5.69 Å². The summed E-state index contributed by atoms with van der Waals surface area (Å²) in [6.45, 7) is 4.54. The lowest BCUT2D eigenvalue weighted by atomic mass is 10.1. The van der Waals surface area contributed by atoms with Crippen LogP contribution in [0, 0.1) is 19.8 Å². The molecular weight excluding hydrogens is 484 g/mol. The van der Waals surface area contributed by atoms with Gasteiger partial charge in [-0.3, -0.25) is 19.5 Å². The minimum absolute atomic E-state index is 0.0414. The molecule has 0 atom stereocenters. The molecule has 1 aliphatic carbocycles. The van der Waals surface area contributed by atoms with E-state index >= 15 is 0 Å². The quantitative estimate of drug-likeness (QED) is 0.301. The average molecular weight is 513 g/mol. The van der Waals surface area contributed by atoms with Gasteiger partial charge < -0.3 is 4.90 Å². The third kappa shape index (κ3) is 6.09. The number of amides is 2. The zero-order valence-electron chi connectivity index (χ0n) is 20.9. The lowest BCUT2D eigenvalue weighted by Crippen LogP contribution is -2.39. The maximum absolute atomic E-state index is 13.3. The van der Waals surface area contributed by atoms with Crippen molar-refractivity contribution in [3.63, 3.8) is 0 Å². The molecule has 1 N–H and O–H groups in total. The van der Waals surface area contributed by atoms with Crippen LogP contribution in [0.15, 0.2) is 79.0 Å². The Morgan fingerprint density at radius 1 is 0.946 bits per heavy atom.